The Morgan fingerprint density at radius 3 is 2.50 bits per heavy atom. The van der Waals surface area contributed by atoms with Gasteiger partial charge < -0.3 is 14.7 Å². The predicted octanol–water partition coefficient (Wildman–Crippen LogP) is 1.61. The van der Waals surface area contributed by atoms with Crippen LogP contribution in [0.4, 0.5) is 5.82 Å². The predicted molar refractivity (Wildman–Crippen MR) is 57.0 cm³/mol. The molecule has 0 aromatic carbocycles. The molecule has 5 nitrogen and oxygen atoms in total. The number of aromatic nitrogens is 1. The summed E-state index contributed by atoms with van der Waals surface area (Å²) >= 11 is 0. The van der Waals surface area contributed by atoms with E-state index >= 15 is 0 Å². The van der Waals surface area contributed by atoms with Gasteiger partial charge in [0.1, 0.15) is 34.8 Å². The molecule has 0 amide bonds. The molecule has 0 bridgehead atoms. The molecule has 0 aliphatic rings. The van der Waals surface area contributed by atoms with E-state index in [1.54, 1.807) is 23.7 Å². The van der Waals surface area contributed by atoms with Crippen LogP contribution in [0.3, 0.4) is 0 Å². The monoisotopic (exact) mass is 212 g/mol. The Bertz CT molecular complexity index is 608. The van der Waals surface area contributed by atoms with E-state index in [1.807, 2.05) is 12.1 Å². The van der Waals surface area contributed by atoms with E-state index in [-0.39, 0.29) is 16.9 Å². The quantitative estimate of drug-likeness (QED) is 0.777. The number of rotatable bonds is 1. The van der Waals surface area contributed by atoms with Crippen molar-refractivity contribution in [3.05, 3.63) is 29.5 Å². The van der Waals surface area contributed by atoms with Crippen molar-refractivity contribution < 1.29 is 4.42 Å². The number of furan rings is 1. The summed E-state index contributed by atoms with van der Waals surface area (Å²) in [6.07, 6.45) is 1.51. The Labute approximate surface area is 91.9 Å². The fourth-order valence-electron chi connectivity index (χ4n) is 1.63. The van der Waals surface area contributed by atoms with E-state index in [1.165, 1.54) is 6.26 Å². The maximum atomic E-state index is 9.06. The van der Waals surface area contributed by atoms with Gasteiger partial charge in [-0.1, -0.05) is 0 Å². The van der Waals surface area contributed by atoms with Crippen LogP contribution in [-0.4, -0.2) is 4.57 Å². The van der Waals surface area contributed by atoms with E-state index < -0.39 is 0 Å². The van der Waals surface area contributed by atoms with E-state index in [4.69, 9.17) is 20.7 Å². The third-order valence-corrected chi connectivity index (χ3v) is 2.42. The lowest BCUT2D eigenvalue weighted by molar-refractivity contribution is 0.577. The van der Waals surface area contributed by atoms with Gasteiger partial charge in [0.15, 0.2) is 5.76 Å². The zero-order valence-corrected chi connectivity index (χ0v) is 8.56. The number of nitrogens with zero attached hydrogens (tertiary/aromatic N) is 3. The van der Waals surface area contributed by atoms with Gasteiger partial charge in [0.25, 0.3) is 0 Å². The maximum Gasteiger partial charge on any atom is 0.151 e. The Morgan fingerprint density at radius 2 is 2.00 bits per heavy atom. The summed E-state index contributed by atoms with van der Waals surface area (Å²) < 4.78 is 6.80. The van der Waals surface area contributed by atoms with Gasteiger partial charge in [-0.15, -0.1) is 0 Å². The minimum absolute atomic E-state index is 0.191. The smallest absolute Gasteiger partial charge is 0.151 e. The second-order valence-electron chi connectivity index (χ2n) is 3.24. The van der Waals surface area contributed by atoms with E-state index in [0.717, 1.165) is 0 Å². The van der Waals surface area contributed by atoms with Gasteiger partial charge in [0.2, 0.25) is 0 Å². The summed E-state index contributed by atoms with van der Waals surface area (Å²) in [5, 5.41) is 18.0. The van der Waals surface area contributed by atoms with Gasteiger partial charge in [-0.25, -0.2) is 0 Å². The second-order valence-corrected chi connectivity index (χ2v) is 3.24. The van der Waals surface area contributed by atoms with Crippen molar-refractivity contribution in [3.63, 3.8) is 0 Å². The van der Waals surface area contributed by atoms with Crippen molar-refractivity contribution in [3.8, 4) is 23.6 Å². The van der Waals surface area contributed by atoms with Crippen molar-refractivity contribution in [2.45, 2.75) is 0 Å². The Balaban J connectivity index is 2.82. The Morgan fingerprint density at radius 1 is 1.31 bits per heavy atom. The van der Waals surface area contributed by atoms with Crippen LogP contribution in [0, 0.1) is 22.7 Å². The summed E-state index contributed by atoms with van der Waals surface area (Å²) in [5.74, 6) is 0.790. The zero-order chi connectivity index (χ0) is 11.7. The van der Waals surface area contributed by atoms with E-state index in [2.05, 4.69) is 0 Å². The molecule has 0 atom stereocenters. The van der Waals surface area contributed by atoms with Gasteiger partial charge in [0.05, 0.1) is 6.26 Å². The molecule has 0 spiro atoms. The average molecular weight is 212 g/mol. The minimum atomic E-state index is 0.191. The Kier molecular flexibility index (Phi) is 2.15. The molecule has 2 rings (SSSR count). The zero-order valence-electron chi connectivity index (χ0n) is 8.56. The van der Waals surface area contributed by atoms with Crippen molar-refractivity contribution in [2.75, 3.05) is 5.73 Å². The molecule has 2 N–H and O–H groups in total. The van der Waals surface area contributed by atoms with Crippen molar-refractivity contribution in [1.82, 2.24) is 4.57 Å². The summed E-state index contributed by atoms with van der Waals surface area (Å²) in [7, 11) is 1.69. The summed E-state index contributed by atoms with van der Waals surface area (Å²) in [6.45, 7) is 0. The summed E-state index contributed by atoms with van der Waals surface area (Å²) in [4.78, 5) is 0. The van der Waals surface area contributed by atoms with Crippen LogP contribution in [0.15, 0.2) is 22.8 Å². The molecule has 16 heavy (non-hydrogen) atoms. The van der Waals surface area contributed by atoms with Crippen molar-refractivity contribution in [1.29, 1.82) is 10.5 Å². The summed E-state index contributed by atoms with van der Waals surface area (Å²) in [5.41, 5.74) is 6.71. The van der Waals surface area contributed by atoms with Gasteiger partial charge in [-0.3, -0.25) is 0 Å². The molecule has 2 aromatic heterocycles. The molecule has 0 aliphatic heterocycles. The second kappa shape index (κ2) is 3.48. The van der Waals surface area contributed by atoms with E-state index in [9.17, 15) is 0 Å². The van der Waals surface area contributed by atoms with Crippen LogP contribution in [0.5, 0.6) is 0 Å². The molecule has 0 aliphatic carbocycles. The molecule has 0 saturated heterocycles. The molecule has 0 radical (unpaired) electrons. The topological polar surface area (TPSA) is 91.7 Å². The highest BCUT2D eigenvalue weighted by molar-refractivity contribution is 5.75. The number of nitriles is 2. The number of hydrogen-bond donors (Lipinski definition) is 1. The van der Waals surface area contributed by atoms with Gasteiger partial charge in [0, 0.05) is 7.05 Å². The fraction of sp³-hybridized carbons (Fsp3) is 0.0909. The van der Waals surface area contributed by atoms with Crippen molar-refractivity contribution >= 4 is 5.82 Å². The average Bonchev–Trinajstić information content (AvgIpc) is 2.87. The molecule has 0 fully saturated rings. The lowest BCUT2D eigenvalue weighted by Crippen LogP contribution is -1.98. The third kappa shape index (κ3) is 1.16. The Hall–Kier alpha value is -2.66. The standard InChI is InChI=1S/C11H8N4O/c1-15-10(9-3-2-4-16-9)7(5-12)8(6-13)11(15)14/h2-4H,14H2,1H3. The molecule has 0 saturated carbocycles. The normalized spacial score (nSPS) is 9.69. The fourth-order valence-corrected chi connectivity index (χ4v) is 1.63. The first kappa shape index (κ1) is 9.88. The van der Waals surface area contributed by atoms with Gasteiger partial charge in [-0.05, 0) is 12.1 Å². The summed E-state index contributed by atoms with van der Waals surface area (Å²) in [6, 6.07) is 7.34. The lowest BCUT2D eigenvalue weighted by atomic mass is 10.1. The van der Waals surface area contributed by atoms with Crippen LogP contribution in [0.1, 0.15) is 11.1 Å². The van der Waals surface area contributed by atoms with E-state index in [0.29, 0.717) is 11.5 Å². The number of nitrogens with two attached hydrogens (primary N) is 1. The highest BCUT2D eigenvalue weighted by Crippen LogP contribution is 2.31. The number of anilines is 1. The third-order valence-electron chi connectivity index (χ3n) is 2.42. The number of hydrogen-bond acceptors (Lipinski definition) is 4. The maximum absolute atomic E-state index is 9.06. The molecule has 2 heterocycles. The van der Waals surface area contributed by atoms with Crippen LogP contribution >= 0.6 is 0 Å². The molecular weight excluding hydrogens is 204 g/mol. The highest BCUT2D eigenvalue weighted by atomic mass is 16.3. The van der Waals surface area contributed by atoms with Gasteiger partial charge >= 0.3 is 0 Å². The molecule has 2 aromatic rings. The van der Waals surface area contributed by atoms with Crippen LogP contribution in [-0.2, 0) is 7.05 Å². The largest absolute Gasteiger partial charge is 0.463 e. The first-order valence-corrected chi connectivity index (χ1v) is 4.53. The SMILES string of the molecule is Cn1c(N)c(C#N)c(C#N)c1-c1ccco1. The van der Waals surface area contributed by atoms with Crippen LogP contribution < -0.4 is 5.73 Å². The molecular formula is C11H8N4O. The molecule has 5 heteroatoms. The van der Waals surface area contributed by atoms with Crippen LogP contribution in [0.25, 0.3) is 11.5 Å². The van der Waals surface area contributed by atoms with Gasteiger partial charge in [-0.2, -0.15) is 10.5 Å². The molecule has 78 valence electrons. The highest BCUT2D eigenvalue weighted by Gasteiger charge is 2.21. The molecule has 0 unspecified atom stereocenters. The number of nitrogen functional groups attached to an aromatic ring is 1. The first-order chi connectivity index (χ1) is 7.70. The minimum Gasteiger partial charge on any atom is -0.463 e. The lowest BCUT2D eigenvalue weighted by Gasteiger charge is -2.01. The first-order valence-electron chi connectivity index (χ1n) is 4.53. The van der Waals surface area contributed by atoms with Crippen LogP contribution in [0.2, 0.25) is 0 Å². The van der Waals surface area contributed by atoms with Crippen molar-refractivity contribution in [2.24, 2.45) is 7.05 Å².